The highest BCUT2D eigenvalue weighted by molar-refractivity contribution is 5.18. The molecule has 1 aliphatic carbocycles. The first-order chi connectivity index (χ1) is 9.02. The maximum absolute atomic E-state index is 9.80. The largest absolute Gasteiger partial charge is 0.296 e. The van der Waals surface area contributed by atoms with Gasteiger partial charge in [-0.1, -0.05) is 6.92 Å². The molecular formula is C16H29N3. The van der Waals surface area contributed by atoms with Crippen LogP contribution in [0.3, 0.4) is 0 Å². The van der Waals surface area contributed by atoms with E-state index < -0.39 is 0 Å². The van der Waals surface area contributed by atoms with Crippen molar-refractivity contribution >= 4 is 0 Å². The van der Waals surface area contributed by atoms with Gasteiger partial charge in [0.1, 0.15) is 5.54 Å². The molecule has 2 aliphatic rings. The molecule has 0 amide bonds. The third-order valence-electron chi connectivity index (χ3n) is 4.88. The van der Waals surface area contributed by atoms with Crippen LogP contribution in [0.15, 0.2) is 0 Å². The van der Waals surface area contributed by atoms with E-state index in [1.165, 1.54) is 32.1 Å². The van der Waals surface area contributed by atoms with Gasteiger partial charge in [0, 0.05) is 24.7 Å². The SMILES string of the molecule is CCC1CCC(C)N1CC(C#N)(NC(C)C)C1CC1. The summed E-state index contributed by atoms with van der Waals surface area (Å²) in [6.07, 6.45) is 6.22. The molecule has 1 saturated heterocycles. The minimum atomic E-state index is -0.319. The van der Waals surface area contributed by atoms with Crippen molar-refractivity contribution < 1.29 is 0 Å². The molecule has 1 saturated carbocycles. The van der Waals surface area contributed by atoms with Crippen LogP contribution in [0.5, 0.6) is 0 Å². The maximum Gasteiger partial charge on any atom is 0.122 e. The summed E-state index contributed by atoms with van der Waals surface area (Å²) in [4.78, 5) is 2.59. The van der Waals surface area contributed by atoms with Crippen LogP contribution in [0.1, 0.15) is 59.8 Å². The lowest BCUT2D eigenvalue weighted by atomic mass is 9.92. The number of hydrogen-bond acceptors (Lipinski definition) is 3. The van der Waals surface area contributed by atoms with E-state index >= 15 is 0 Å². The van der Waals surface area contributed by atoms with Crippen molar-refractivity contribution in [1.29, 1.82) is 5.26 Å². The topological polar surface area (TPSA) is 39.1 Å². The van der Waals surface area contributed by atoms with Gasteiger partial charge in [0.15, 0.2) is 0 Å². The Labute approximate surface area is 118 Å². The Balaban J connectivity index is 2.13. The van der Waals surface area contributed by atoms with Gasteiger partial charge in [-0.15, -0.1) is 0 Å². The lowest BCUT2D eigenvalue weighted by molar-refractivity contribution is 0.139. The van der Waals surface area contributed by atoms with Gasteiger partial charge in [-0.2, -0.15) is 5.26 Å². The van der Waals surface area contributed by atoms with E-state index in [0.717, 1.165) is 6.54 Å². The van der Waals surface area contributed by atoms with E-state index in [1.807, 2.05) is 0 Å². The van der Waals surface area contributed by atoms with Crippen LogP contribution in [-0.4, -0.2) is 35.1 Å². The average molecular weight is 263 g/mol. The first kappa shape index (κ1) is 14.8. The van der Waals surface area contributed by atoms with Crippen molar-refractivity contribution in [2.45, 2.75) is 83.5 Å². The summed E-state index contributed by atoms with van der Waals surface area (Å²) in [5.74, 6) is 0.560. The molecule has 1 aliphatic heterocycles. The molecule has 3 atom stereocenters. The fourth-order valence-electron chi connectivity index (χ4n) is 3.68. The lowest BCUT2D eigenvalue weighted by Gasteiger charge is -2.38. The normalized spacial score (nSPS) is 31.4. The highest BCUT2D eigenvalue weighted by Crippen LogP contribution is 2.42. The highest BCUT2D eigenvalue weighted by atomic mass is 15.2. The van der Waals surface area contributed by atoms with E-state index in [1.54, 1.807) is 0 Å². The quantitative estimate of drug-likeness (QED) is 0.801. The van der Waals surface area contributed by atoms with E-state index in [0.29, 0.717) is 24.0 Å². The Morgan fingerprint density at radius 3 is 2.47 bits per heavy atom. The van der Waals surface area contributed by atoms with Gasteiger partial charge >= 0.3 is 0 Å². The molecule has 0 aromatic carbocycles. The lowest BCUT2D eigenvalue weighted by Crippen LogP contribution is -2.58. The molecule has 3 nitrogen and oxygen atoms in total. The van der Waals surface area contributed by atoms with Crippen LogP contribution in [0, 0.1) is 17.2 Å². The molecule has 108 valence electrons. The van der Waals surface area contributed by atoms with Crippen LogP contribution < -0.4 is 5.32 Å². The molecule has 1 heterocycles. The molecule has 0 radical (unpaired) electrons. The number of nitrogens with one attached hydrogen (secondary N) is 1. The highest BCUT2D eigenvalue weighted by Gasteiger charge is 2.48. The van der Waals surface area contributed by atoms with Gasteiger partial charge in [0.05, 0.1) is 6.07 Å². The van der Waals surface area contributed by atoms with Gasteiger partial charge in [0.25, 0.3) is 0 Å². The van der Waals surface area contributed by atoms with Crippen molar-refractivity contribution in [1.82, 2.24) is 10.2 Å². The molecule has 0 aromatic rings. The van der Waals surface area contributed by atoms with Gasteiger partial charge in [0.2, 0.25) is 0 Å². The predicted octanol–water partition coefficient (Wildman–Crippen LogP) is 2.92. The molecule has 19 heavy (non-hydrogen) atoms. The van der Waals surface area contributed by atoms with Crippen molar-refractivity contribution in [3.05, 3.63) is 0 Å². The van der Waals surface area contributed by atoms with Crippen molar-refractivity contribution in [2.24, 2.45) is 5.92 Å². The van der Waals surface area contributed by atoms with Crippen LogP contribution in [0.2, 0.25) is 0 Å². The zero-order chi connectivity index (χ0) is 14.0. The Kier molecular flexibility index (Phi) is 4.53. The minimum absolute atomic E-state index is 0.319. The van der Waals surface area contributed by atoms with E-state index in [2.05, 4.69) is 44.0 Å². The number of likely N-dealkylation sites (tertiary alicyclic amines) is 1. The molecule has 2 rings (SSSR count). The number of hydrogen-bond donors (Lipinski definition) is 1. The summed E-state index contributed by atoms with van der Waals surface area (Å²) >= 11 is 0. The molecule has 3 heteroatoms. The third kappa shape index (κ3) is 3.12. The Bertz CT molecular complexity index is 342. The second kappa shape index (κ2) is 5.81. The second-order valence-corrected chi connectivity index (χ2v) is 6.82. The van der Waals surface area contributed by atoms with Crippen LogP contribution in [0.25, 0.3) is 0 Å². The van der Waals surface area contributed by atoms with E-state index in [9.17, 15) is 5.26 Å². The van der Waals surface area contributed by atoms with E-state index in [-0.39, 0.29) is 5.54 Å². The summed E-state index contributed by atoms with van der Waals surface area (Å²) in [6, 6.07) is 4.33. The Morgan fingerprint density at radius 2 is 2.00 bits per heavy atom. The summed E-state index contributed by atoms with van der Waals surface area (Å²) in [5, 5.41) is 13.4. The van der Waals surface area contributed by atoms with Crippen molar-refractivity contribution in [2.75, 3.05) is 6.54 Å². The van der Waals surface area contributed by atoms with Gasteiger partial charge in [-0.25, -0.2) is 0 Å². The summed E-state index contributed by atoms with van der Waals surface area (Å²) in [5.41, 5.74) is -0.319. The standard InChI is InChI=1S/C16H29N3/c1-5-15-9-6-13(4)19(15)11-16(10-17,14-7-8-14)18-12(2)3/h12-15,18H,5-9,11H2,1-4H3. The van der Waals surface area contributed by atoms with E-state index in [4.69, 9.17) is 0 Å². The fraction of sp³-hybridized carbons (Fsp3) is 0.938. The molecular weight excluding hydrogens is 234 g/mol. The average Bonchev–Trinajstić information content (AvgIpc) is 3.16. The molecule has 0 aromatic heterocycles. The Morgan fingerprint density at radius 1 is 1.32 bits per heavy atom. The number of nitriles is 1. The zero-order valence-corrected chi connectivity index (χ0v) is 12.9. The molecule has 1 N–H and O–H groups in total. The Hall–Kier alpha value is -0.590. The third-order valence-corrected chi connectivity index (χ3v) is 4.88. The zero-order valence-electron chi connectivity index (χ0n) is 12.9. The maximum atomic E-state index is 9.80. The van der Waals surface area contributed by atoms with Gasteiger partial charge < -0.3 is 0 Å². The van der Waals surface area contributed by atoms with Gasteiger partial charge in [-0.3, -0.25) is 10.2 Å². The van der Waals surface area contributed by atoms with Crippen molar-refractivity contribution in [3.8, 4) is 6.07 Å². The molecule has 2 fully saturated rings. The molecule has 0 spiro atoms. The minimum Gasteiger partial charge on any atom is -0.296 e. The summed E-state index contributed by atoms with van der Waals surface area (Å²) in [7, 11) is 0. The first-order valence-corrected chi connectivity index (χ1v) is 7.97. The van der Waals surface area contributed by atoms with Crippen LogP contribution in [0.4, 0.5) is 0 Å². The summed E-state index contributed by atoms with van der Waals surface area (Å²) in [6.45, 7) is 9.81. The monoisotopic (exact) mass is 263 g/mol. The smallest absolute Gasteiger partial charge is 0.122 e. The molecule has 3 unspecified atom stereocenters. The molecule has 0 bridgehead atoms. The fourth-order valence-corrected chi connectivity index (χ4v) is 3.68. The summed E-state index contributed by atoms with van der Waals surface area (Å²) < 4.78 is 0. The van der Waals surface area contributed by atoms with Gasteiger partial charge in [-0.05, 0) is 58.8 Å². The number of rotatable bonds is 6. The van der Waals surface area contributed by atoms with Crippen molar-refractivity contribution in [3.63, 3.8) is 0 Å². The van der Waals surface area contributed by atoms with Crippen LogP contribution in [-0.2, 0) is 0 Å². The first-order valence-electron chi connectivity index (χ1n) is 7.97. The van der Waals surface area contributed by atoms with Crippen LogP contribution >= 0.6 is 0 Å². The number of nitrogens with zero attached hydrogens (tertiary/aromatic N) is 2. The second-order valence-electron chi connectivity index (χ2n) is 6.82. The predicted molar refractivity (Wildman–Crippen MR) is 78.8 cm³/mol.